The van der Waals surface area contributed by atoms with Crippen LogP contribution in [-0.2, 0) is 7.05 Å². The van der Waals surface area contributed by atoms with Gasteiger partial charge in [0.2, 0.25) is 0 Å². The van der Waals surface area contributed by atoms with E-state index in [0.717, 1.165) is 16.9 Å². The van der Waals surface area contributed by atoms with Gasteiger partial charge in [0.25, 0.3) is 5.91 Å². The molecule has 2 aromatic heterocycles. The molecule has 0 aliphatic carbocycles. The van der Waals surface area contributed by atoms with E-state index in [1.807, 2.05) is 68.2 Å². The summed E-state index contributed by atoms with van der Waals surface area (Å²) in [5, 5.41) is 7.22. The number of hydrogen-bond donors (Lipinski definition) is 1. The number of carbonyl (C=O) groups is 1. The van der Waals surface area contributed by atoms with Gasteiger partial charge in [-0.15, -0.1) is 0 Å². The van der Waals surface area contributed by atoms with Gasteiger partial charge in [-0.05, 0) is 49.7 Å². The van der Waals surface area contributed by atoms with Crippen molar-refractivity contribution < 1.29 is 4.79 Å². The highest BCUT2D eigenvalue weighted by Crippen LogP contribution is 2.17. The number of nitrogens with zero attached hydrogens (tertiary/aromatic N) is 3. The third-order valence-corrected chi connectivity index (χ3v) is 3.97. The van der Waals surface area contributed by atoms with E-state index in [0.29, 0.717) is 5.69 Å². The molecule has 0 spiro atoms. The highest BCUT2D eigenvalue weighted by Gasteiger charge is 2.15. The first-order chi connectivity index (χ1) is 11.0. The van der Waals surface area contributed by atoms with E-state index >= 15 is 0 Å². The van der Waals surface area contributed by atoms with Crippen molar-refractivity contribution in [3.63, 3.8) is 0 Å². The summed E-state index contributed by atoms with van der Waals surface area (Å²) in [6, 6.07) is 13.8. The van der Waals surface area contributed by atoms with Crippen LogP contribution < -0.4 is 5.32 Å². The van der Waals surface area contributed by atoms with Gasteiger partial charge in [-0.25, -0.2) is 0 Å². The standard InChI is InChI=1S/C18H20N4O/c1-13-11-17(20-21(13)3)18(23)19-14(2)15-7-6-8-16(12-15)22-9-4-5-10-22/h4-12,14H,1-3H3,(H,19,23). The van der Waals surface area contributed by atoms with Crippen LogP contribution in [0.4, 0.5) is 0 Å². The summed E-state index contributed by atoms with van der Waals surface area (Å²) in [5.74, 6) is -0.160. The molecule has 1 aromatic carbocycles. The van der Waals surface area contributed by atoms with Gasteiger partial charge < -0.3 is 9.88 Å². The zero-order valence-electron chi connectivity index (χ0n) is 13.5. The molecule has 1 amide bonds. The van der Waals surface area contributed by atoms with Crippen molar-refractivity contribution in [2.24, 2.45) is 7.05 Å². The largest absolute Gasteiger partial charge is 0.344 e. The average Bonchev–Trinajstić information content (AvgIpc) is 3.18. The van der Waals surface area contributed by atoms with Crippen molar-refractivity contribution in [3.8, 4) is 5.69 Å². The van der Waals surface area contributed by atoms with Crippen molar-refractivity contribution in [1.82, 2.24) is 19.7 Å². The minimum atomic E-state index is -0.160. The number of aromatic nitrogens is 3. The van der Waals surface area contributed by atoms with Gasteiger partial charge in [0.1, 0.15) is 5.69 Å². The van der Waals surface area contributed by atoms with Crippen molar-refractivity contribution in [2.45, 2.75) is 19.9 Å². The summed E-state index contributed by atoms with van der Waals surface area (Å²) in [7, 11) is 1.83. The molecule has 1 N–H and O–H groups in total. The lowest BCUT2D eigenvalue weighted by Gasteiger charge is -2.15. The van der Waals surface area contributed by atoms with Crippen LogP contribution in [0.2, 0.25) is 0 Å². The van der Waals surface area contributed by atoms with Crippen molar-refractivity contribution in [3.05, 3.63) is 71.8 Å². The van der Waals surface area contributed by atoms with Crippen LogP contribution in [0, 0.1) is 6.92 Å². The van der Waals surface area contributed by atoms with E-state index in [1.165, 1.54) is 0 Å². The molecule has 23 heavy (non-hydrogen) atoms. The minimum absolute atomic E-state index is 0.0969. The molecule has 0 aliphatic heterocycles. The quantitative estimate of drug-likeness (QED) is 0.805. The third kappa shape index (κ3) is 3.18. The topological polar surface area (TPSA) is 51.9 Å². The second kappa shape index (κ2) is 6.12. The summed E-state index contributed by atoms with van der Waals surface area (Å²) >= 11 is 0. The fourth-order valence-corrected chi connectivity index (χ4v) is 2.49. The number of hydrogen-bond acceptors (Lipinski definition) is 2. The molecule has 5 heteroatoms. The Kier molecular flexibility index (Phi) is 4.02. The van der Waals surface area contributed by atoms with Crippen molar-refractivity contribution in [1.29, 1.82) is 0 Å². The van der Waals surface area contributed by atoms with Crippen LogP contribution in [0.5, 0.6) is 0 Å². The number of benzene rings is 1. The Morgan fingerprint density at radius 2 is 1.91 bits per heavy atom. The van der Waals surface area contributed by atoms with Crippen LogP contribution in [0.1, 0.15) is 34.7 Å². The van der Waals surface area contributed by atoms with Crippen molar-refractivity contribution >= 4 is 5.91 Å². The fourth-order valence-electron chi connectivity index (χ4n) is 2.49. The predicted octanol–water partition coefficient (Wildman–Crippen LogP) is 3.01. The van der Waals surface area contributed by atoms with E-state index in [4.69, 9.17) is 0 Å². The fraction of sp³-hybridized carbons (Fsp3) is 0.222. The van der Waals surface area contributed by atoms with Crippen molar-refractivity contribution in [2.75, 3.05) is 0 Å². The molecule has 0 fully saturated rings. The zero-order chi connectivity index (χ0) is 16.4. The molecular weight excluding hydrogens is 288 g/mol. The summed E-state index contributed by atoms with van der Waals surface area (Å²) in [5.41, 5.74) is 3.52. The lowest BCUT2D eigenvalue weighted by atomic mass is 10.1. The van der Waals surface area contributed by atoms with Gasteiger partial charge in [-0.1, -0.05) is 12.1 Å². The summed E-state index contributed by atoms with van der Waals surface area (Å²) in [6.07, 6.45) is 4.00. The molecule has 2 heterocycles. The summed E-state index contributed by atoms with van der Waals surface area (Å²) in [6.45, 7) is 3.90. The lowest BCUT2D eigenvalue weighted by molar-refractivity contribution is 0.0934. The number of rotatable bonds is 4. The third-order valence-electron chi connectivity index (χ3n) is 3.97. The van der Waals surface area contributed by atoms with Gasteiger partial charge in [-0.2, -0.15) is 5.10 Å². The number of nitrogens with one attached hydrogen (secondary N) is 1. The van der Waals surface area contributed by atoms with E-state index in [1.54, 1.807) is 10.7 Å². The molecule has 118 valence electrons. The van der Waals surface area contributed by atoms with Gasteiger partial charge in [-0.3, -0.25) is 9.48 Å². The Bertz CT molecular complexity index is 798. The second-order valence-electron chi connectivity index (χ2n) is 5.68. The molecule has 0 radical (unpaired) electrons. The molecule has 3 aromatic rings. The zero-order valence-corrected chi connectivity index (χ0v) is 13.5. The Morgan fingerprint density at radius 3 is 2.57 bits per heavy atom. The molecular formula is C18H20N4O. The van der Waals surface area contributed by atoms with E-state index < -0.39 is 0 Å². The minimum Gasteiger partial charge on any atom is -0.344 e. The van der Waals surface area contributed by atoms with E-state index in [2.05, 4.69) is 16.5 Å². The SMILES string of the molecule is Cc1cc(C(=O)NC(C)c2cccc(-n3cccc3)c2)nn1C. The molecule has 0 saturated carbocycles. The normalized spacial score (nSPS) is 12.1. The average molecular weight is 308 g/mol. The van der Waals surface area contributed by atoms with Gasteiger partial charge in [0.15, 0.2) is 0 Å². The number of amides is 1. The molecule has 1 unspecified atom stereocenters. The maximum atomic E-state index is 12.3. The second-order valence-corrected chi connectivity index (χ2v) is 5.68. The Balaban J connectivity index is 1.77. The van der Waals surface area contributed by atoms with Crippen LogP contribution in [0.25, 0.3) is 5.69 Å². The van der Waals surface area contributed by atoms with E-state index in [-0.39, 0.29) is 11.9 Å². The predicted molar refractivity (Wildman–Crippen MR) is 89.6 cm³/mol. The first-order valence-corrected chi connectivity index (χ1v) is 7.59. The van der Waals surface area contributed by atoms with Crippen LogP contribution >= 0.6 is 0 Å². The van der Waals surface area contributed by atoms with Gasteiger partial charge in [0, 0.05) is 30.8 Å². The van der Waals surface area contributed by atoms with Crippen LogP contribution in [-0.4, -0.2) is 20.3 Å². The highest BCUT2D eigenvalue weighted by atomic mass is 16.2. The number of carbonyl (C=O) groups excluding carboxylic acids is 1. The number of aryl methyl sites for hydroxylation is 2. The molecule has 5 nitrogen and oxygen atoms in total. The smallest absolute Gasteiger partial charge is 0.272 e. The first kappa shape index (κ1) is 15.1. The lowest BCUT2D eigenvalue weighted by Crippen LogP contribution is -2.27. The van der Waals surface area contributed by atoms with Gasteiger partial charge >= 0.3 is 0 Å². The molecule has 1 atom stereocenters. The molecule has 0 saturated heterocycles. The summed E-state index contributed by atoms with van der Waals surface area (Å²) < 4.78 is 3.74. The van der Waals surface area contributed by atoms with Crippen LogP contribution in [0.15, 0.2) is 54.9 Å². The van der Waals surface area contributed by atoms with Gasteiger partial charge in [0.05, 0.1) is 6.04 Å². The molecule has 3 rings (SSSR count). The maximum Gasteiger partial charge on any atom is 0.272 e. The first-order valence-electron chi connectivity index (χ1n) is 7.59. The Morgan fingerprint density at radius 1 is 1.17 bits per heavy atom. The van der Waals surface area contributed by atoms with Crippen LogP contribution in [0.3, 0.4) is 0 Å². The Labute approximate surface area is 135 Å². The summed E-state index contributed by atoms with van der Waals surface area (Å²) in [4.78, 5) is 12.3. The highest BCUT2D eigenvalue weighted by molar-refractivity contribution is 5.92. The van der Waals surface area contributed by atoms with E-state index in [9.17, 15) is 4.79 Å². The molecule has 0 aliphatic rings. The monoisotopic (exact) mass is 308 g/mol. The maximum absolute atomic E-state index is 12.3. The molecule has 0 bridgehead atoms. The Hall–Kier alpha value is -2.82.